The number of nitriles is 2. The maximum atomic E-state index is 9.18. The Bertz CT molecular complexity index is 971. The average molecular weight is 325 g/mol. The van der Waals surface area contributed by atoms with Crippen molar-refractivity contribution in [2.75, 3.05) is 0 Å². The van der Waals surface area contributed by atoms with E-state index in [-0.39, 0.29) is 0 Å². The molecule has 0 amide bonds. The predicted molar refractivity (Wildman–Crippen MR) is 95.8 cm³/mol. The van der Waals surface area contributed by atoms with Crippen molar-refractivity contribution in [3.05, 3.63) is 71.7 Å². The van der Waals surface area contributed by atoms with E-state index in [1.807, 2.05) is 48.7 Å². The lowest BCUT2D eigenvalue weighted by Crippen LogP contribution is -1.97. The zero-order valence-corrected chi connectivity index (χ0v) is 13.5. The SMILES string of the molecule is N#CCCn1cc(/C=C/c2ccncc2C#N)c(-c2ccccc2)n1. The lowest BCUT2D eigenvalue weighted by molar-refractivity contribution is 0.629. The van der Waals surface area contributed by atoms with E-state index in [2.05, 4.69) is 22.2 Å². The zero-order valence-electron chi connectivity index (χ0n) is 13.5. The molecule has 0 spiro atoms. The van der Waals surface area contributed by atoms with E-state index in [1.165, 1.54) is 0 Å². The smallest absolute Gasteiger partial charge is 0.101 e. The molecule has 0 radical (unpaired) electrons. The van der Waals surface area contributed by atoms with Crippen molar-refractivity contribution < 1.29 is 0 Å². The van der Waals surface area contributed by atoms with Crippen LogP contribution < -0.4 is 0 Å². The summed E-state index contributed by atoms with van der Waals surface area (Å²) in [5.41, 5.74) is 4.12. The Morgan fingerprint density at radius 2 is 1.84 bits per heavy atom. The van der Waals surface area contributed by atoms with Crippen LogP contribution in [0.25, 0.3) is 23.4 Å². The highest BCUT2D eigenvalue weighted by molar-refractivity contribution is 5.79. The normalized spacial score (nSPS) is 10.5. The first-order valence-electron chi connectivity index (χ1n) is 7.84. The summed E-state index contributed by atoms with van der Waals surface area (Å²) in [6.07, 6.45) is 9.36. The second kappa shape index (κ2) is 7.72. The molecular weight excluding hydrogens is 310 g/mol. The Morgan fingerprint density at radius 1 is 1.04 bits per heavy atom. The fourth-order valence-electron chi connectivity index (χ4n) is 2.48. The molecule has 3 aromatic rings. The van der Waals surface area contributed by atoms with E-state index in [0.29, 0.717) is 18.5 Å². The van der Waals surface area contributed by atoms with Crippen LogP contribution in [0.1, 0.15) is 23.1 Å². The number of rotatable bonds is 5. The van der Waals surface area contributed by atoms with Gasteiger partial charge in [0.15, 0.2) is 0 Å². The van der Waals surface area contributed by atoms with E-state index >= 15 is 0 Å². The molecule has 0 saturated carbocycles. The maximum absolute atomic E-state index is 9.18. The summed E-state index contributed by atoms with van der Waals surface area (Å²) in [4.78, 5) is 3.97. The highest BCUT2D eigenvalue weighted by atomic mass is 15.3. The van der Waals surface area contributed by atoms with Gasteiger partial charge in [0, 0.05) is 29.7 Å². The van der Waals surface area contributed by atoms with Crippen LogP contribution >= 0.6 is 0 Å². The number of benzene rings is 1. The van der Waals surface area contributed by atoms with Crippen LogP contribution in [0, 0.1) is 22.7 Å². The molecule has 5 heteroatoms. The molecule has 0 atom stereocenters. The first-order valence-corrected chi connectivity index (χ1v) is 7.84. The zero-order chi connectivity index (χ0) is 17.5. The van der Waals surface area contributed by atoms with Crippen molar-refractivity contribution in [1.82, 2.24) is 14.8 Å². The van der Waals surface area contributed by atoms with Gasteiger partial charge in [-0.2, -0.15) is 15.6 Å². The van der Waals surface area contributed by atoms with E-state index in [4.69, 9.17) is 5.26 Å². The first-order chi connectivity index (χ1) is 12.3. The summed E-state index contributed by atoms with van der Waals surface area (Å²) in [5, 5.41) is 22.6. The molecule has 5 nitrogen and oxygen atoms in total. The Hall–Kier alpha value is -3.70. The van der Waals surface area contributed by atoms with Crippen molar-refractivity contribution in [2.45, 2.75) is 13.0 Å². The summed E-state index contributed by atoms with van der Waals surface area (Å²) in [6.45, 7) is 0.545. The summed E-state index contributed by atoms with van der Waals surface area (Å²) in [6, 6.07) is 16.0. The summed E-state index contributed by atoms with van der Waals surface area (Å²) in [7, 11) is 0. The van der Waals surface area contributed by atoms with Crippen LogP contribution in [-0.4, -0.2) is 14.8 Å². The summed E-state index contributed by atoms with van der Waals surface area (Å²) < 4.78 is 1.78. The molecule has 2 aromatic heterocycles. The lowest BCUT2D eigenvalue weighted by atomic mass is 10.1. The fourth-order valence-corrected chi connectivity index (χ4v) is 2.48. The number of pyridine rings is 1. The van der Waals surface area contributed by atoms with Gasteiger partial charge in [-0.05, 0) is 11.6 Å². The molecule has 0 bridgehead atoms. The van der Waals surface area contributed by atoms with Gasteiger partial charge in [0.25, 0.3) is 0 Å². The third-order valence-corrected chi connectivity index (χ3v) is 3.71. The first kappa shape index (κ1) is 16.2. The third-order valence-electron chi connectivity index (χ3n) is 3.71. The fraction of sp³-hybridized carbons (Fsp3) is 0.100. The quantitative estimate of drug-likeness (QED) is 0.712. The summed E-state index contributed by atoms with van der Waals surface area (Å²) in [5.74, 6) is 0. The van der Waals surface area contributed by atoms with Crippen LogP contribution in [0.5, 0.6) is 0 Å². The van der Waals surface area contributed by atoms with Gasteiger partial charge in [0.1, 0.15) is 6.07 Å². The van der Waals surface area contributed by atoms with Gasteiger partial charge in [-0.3, -0.25) is 9.67 Å². The van der Waals surface area contributed by atoms with Gasteiger partial charge in [0.05, 0.1) is 30.3 Å². The molecule has 0 N–H and O–H groups in total. The second-order valence-corrected chi connectivity index (χ2v) is 5.38. The Kier molecular flexibility index (Phi) is 4.99. The average Bonchev–Trinajstić information content (AvgIpc) is 3.08. The highest BCUT2D eigenvalue weighted by Gasteiger charge is 2.09. The molecule has 25 heavy (non-hydrogen) atoms. The monoisotopic (exact) mass is 325 g/mol. The molecule has 2 heterocycles. The molecule has 0 aliphatic heterocycles. The Morgan fingerprint density at radius 3 is 2.60 bits per heavy atom. The van der Waals surface area contributed by atoms with Crippen molar-refractivity contribution in [1.29, 1.82) is 10.5 Å². The van der Waals surface area contributed by atoms with Gasteiger partial charge in [0.2, 0.25) is 0 Å². The minimum absolute atomic E-state index is 0.405. The molecule has 1 aromatic carbocycles. The third kappa shape index (κ3) is 3.80. The van der Waals surface area contributed by atoms with Gasteiger partial charge >= 0.3 is 0 Å². The Balaban J connectivity index is 2.00. The number of hydrogen-bond donors (Lipinski definition) is 0. The maximum Gasteiger partial charge on any atom is 0.101 e. The van der Waals surface area contributed by atoms with Crippen LogP contribution in [0.2, 0.25) is 0 Å². The lowest BCUT2D eigenvalue weighted by Gasteiger charge is -1.99. The van der Waals surface area contributed by atoms with Crippen LogP contribution in [-0.2, 0) is 6.54 Å². The van der Waals surface area contributed by atoms with Crippen molar-refractivity contribution in [3.63, 3.8) is 0 Å². The molecule has 0 aliphatic rings. The van der Waals surface area contributed by atoms with Crippen LogP contribution in [0.15, 0.2) is 55.0 Å². The largest absolute Gasteiger partial charge is 0.270 e. The van der Waals surface area contributed by atoms with Crippen LogP contribution in [0.3, 0.4) is 0 Å². The number of aromatic nitrogens is 3. The van der Waals surface area contributed by atoms with Crippen molar-refractivity contribution in [3.8, 4) is 23.4 Å². The highest BCUT2D eigenvalue weighted by Crippen LogP contribution is 2.24. The van der Waals surface area contributed by atoms with E-state index in [9.17, 15) is 5.26 Å². The molecule has 3 rings (SSSR count). The molecule has 120 valence electrons. The minimum Gasteiger partial charge on any atom is -0.270 e. The minimum atomic E-state index is 0.405. The Labute approximate surface area is 146 Å². The van der Waals surface area contributed by atoms with Gasteiger partial charge in [-0.1, -0.05) is 42.5 Å². The second-order valence-electron chi connectivity index (χ2n) is 5.38. The van der Waals surface area contributed by atoms with Gasteiger partial charge < -0.3 is 0 Å². The van der Waals surface area contributed by atoms with E-state index < -0.39 is 0 Å². The van der Waals surface area contributed by atoms with Gasteiger partial charge in [-0.25, -0.2) is 0 Å². The van der Waals surface area contributed by atoms with Crippen molar-refractivity contribution >= 4 is 12.2 Å². The molecule has 0 unspecified atom stereocenters. The topological polar surface area (TPSA) is 78.3 Å². The van der Waals surface area contributed by atoms with Crippen molar-refractivity contribution in [2.24, 2.45) is 0 Å². The molecule has 0 aliphatic carbocycles. The van der Waals surface area contributed by atoms with E-state index in [1.54, 1.807) is 23.1 Å². The predicted octanol–water partition coefficient (Wildman–Crippen LogP) is 3.90. The standard InChI is InChI=1S/C20H15N5/c21-10-4-12-25-15-18(20(24-25)17-5-2-1-3-6-17)8-7-16-9-11-23-14-19(16)13-22/h1-3,5-9,11,14-15H,4,12H2/b8-7+. The van der Waals surface area contributed by atoms with Gasteiger partial charge in [-0.15, -0.1) is 0 Å². The van der Waals surface area contributed by atoms with E-state index in [0.717, 1.165) is 22.4 Å². The molecule has 0 fully saturated rings. The van der Waals surface area contributed by atoms with Crippen LogP contribution in [0.4, 0.5) is 0 Å². The summed E-state index contributed by atoms with van der Waals surface area (Å²) >= 11 is 0. The number of nitrogens with zero attached hydrogens (tertiary/aromatic N) is 5. The number of hydrogen-bond acceptors (Lipinski definition) is 4. The number of aryl methyl sites for hydroxylation is 1. The molecular formula is C20H15N5. The molecule has 0 saturated heterocycles.